The number of thiophene rings is 1. The number of fused-ring (bicyclic) bond motifs is 1. The topological polar surface area (TPSA) is 15.8 Å². The molecule has 3 aromatic rings. The number of hydrogen-bond acceptors (Lipinski definition) is 1. The van der Waals surface area contributed by atoms with Gasteiger partial charge in [0.25, 0.3) is 0 Å². The quantitative estimate of drug-likeness (QED) is 0.623. The van der Waals surface area contributed by atoms with Crippen LogP contribution < -0.4 is 0 Å². The summed E-state index contributed by atoms with van der Waals surface area (Å²) in [5.74, 6) is 0. The Hall–Kier alpha value is -1.54. The first-order valence-corrected chi connectivity index (χ1v) is 5.84. The Bertz CT molecular complexity index is 571. The molecule has 2 heterocycles. The van der Waals surface area contributed by atoms with Gasteiger partial charge in [-0.1, -0.05) is 18.2 Å². The van der Waals surface area contributed by atoms with Crippen LogP contribution in [-0.4, -0.2) is 4.98 Å². The maximum absolute atomic E-state index is 3.44. The van der Waals surface area contributed by atoms with E-state index in [0.717, 1.165) is 0 Å². The summed E-state index contributed by atoms with van der Waals surface area (Å²) < 4.78 is 0. The Labute approximate surface area is 92.4 Å². The number of aryl methyl sites for hydroxylation is 1. The number of H-pyrrole nitrogens is 1. The van der Waals surface area contributed by atoms with Gasteiger partial charge >= 0.3 is 0 Å². The first kappa shape index (κ1) is 8.74. The van der Waals surface area contributed by atoms with Crippen LogP contribution in [-0.2, 0) is 0 Å². The summed E-state index contributed by atoms with van der Waals surface area (Å²) in [6.45, 7) is 2.13. The fourth-order valence-corrected chi connectivity index (χ4v) is 2.65. The Morgan fingerprint density at radius 2 is 2.00 bits per heavy atom. The van der Waals surface area contributed by atoms with E-state index in [-0.39, 0.29) is 0 Å². The SMILES string of the molecule is Cc1csc(-c2cc3ccccc3[nH]2)c1. The van der Waals surface area contributed by atoms with E-state index in [0.29, 0.717) is 0 Å². The molecule has 2 aromatic heterocycles. The summed E-state index contributed by atoms with van der Waals surface area (Å²) in [6.07, 6.45) is 0. The van der Waals surface area contributed by atoms with Gasteiger partial charge in [-0.2, -0.15) is 0 Å². The van der Waals surface area contributed by atoms with Crippen LogP contribution in [0.1, 0.15) is 5.56 Å². The van der Waals surface area contributed by atoms with Crippen molar-refractivity contribution < 1.29 is 0 Å². The Morgan fingerprint density at radius 3 is 2.73 bits per heavy atom. The van der Waals surface area contributed by atoms with E-state index in [9.17, 15) is 0 Å². The van der Waals surface area contributed by atoms with Crippen LogP contribution in [0.5, 0.6) is 0 Å². The van der Waals surface area contributed by atoms with Gasteiger partial charge in [-0.15, -0.1) is 11.3 Å². The number of aromatic nitrogens is 1. The van der Waals surface area contributed by atoms with Gasteiger partial charge in [0.05, 0.1) is 10.6 Å². The Kier molecular flexibility index (Phi) is 1.89. The summed E-state index contributed by atoms with van der Waals surface area (Å²) in [6, 6.07) is 12.8. The van der Waals surface area contributed by atoms with Crippen molar-refractivity contribution in [1.29, 1.82) is 0 Å². The summed E-state index contributed by atoms with van der Waals surface area (Å²) in [7, 11) is 0. The van der Waals surface area contributed by atoms with Crippen molar-refractivity contribution in [1.82, 2.24) is 4.98 Å². The smallest absolute Gasteiger partial charge is 0.0566 e. The molecule has 1 N–H and O–H groups in total. The van der Waals surface area contributed by atoms with E-state index in [1.54, 1.807) is 11.3 Å². The van der Waals surface area contributed by atoms with Gasteiger partial charge in [0.1, 0.15) is 0 Å². The van der Waals surface area contributed by atoms with Gasteiger partial charge in [0.15, 0.2) is 0 Å². The molecule has 0 aliphatic rings. The molecule has 15 heavy (non-hydrogen) atoms. The van der Waals surface area contributed by atoms with E-state index < -0.39 is 0 Å². The summed E-state index contributed by atoms with van der Waals surface area (Å²) >= 11 is 1.79. The molecule has 3 rings (SSSR count). The lowest BCUT2D eigenvalue weighted by Crippen LogP contribution is -1.69. The van der Waals surface area contributed by atoms with Gasteiger partial charge in [-0.05, 0) is 36.1 Å². The van der Waals surface area contributed by atoms with E-state index in [2.05, 4.69) is 53.7 Å². The van der Waals surface area contributed by atoms with Gasteiger partial charge in [-0.25, -0.2) is 0 Å². The third-order valence-corrected chi connectivity index (χ3v) is 3.61. The third kappa shape index (κ3) is 1.47. The summed E-state index contributed by atoms with van der Waals surface area (Å²) in [5.41, 5.74) is 3.75. The average Bonchev–Trinajstić information content (AvgIpc) is 2.82. The number of benzene rings is 1. The van der Waals surface area contributed by atoms with Gasteiger partial charge in [-0.3, -0.25) is 0 Å². The molecule has 0 amide bonds. The highest BCUT2D eigenvalue weighted by Crippen LogP contribution is 2.28. The highest BCUT2D eigenvalue weighted by Gasteiger charge is 2.04. The van der Waals surface area contributed by atoms with Crippen molar-refractivity contribution in [3.8, 4) is 10.6 Å². The van der Waals surface area contributed by atoms with Gasteiger partial charge in [0, 0.05) is 10.9 Å². The van der Waals surface area contributed by atoms with Crippen LogP contribution in [0.25, 0.3) is 21.5 Å². The lowest BCUT2D eigenvalue weighted by molar-refractivity contribution is 1.47. The fraction of sp³-hybridized carbons (Fsp3) is 0.0769. The molecule has 0 aliphatic carbocycles. The van der Waals surface area contributed by atoms with E-state index in [1.165, 1.54) is 27.0 Å². The van der Waals surface area contributed by atoms with E-state index in [4.69, 9.17) is 0 Å². The predicted octanol–water partition coefficient (Wildman–Crippen LogP) is 4.20. The van der Waals surface area contributed by atoms with Crippen LogP contribution in [0, 0.1) is 6.92 Å². The monoisotopic (exact) mass is 213 g/mol. The molecule has 0 atom stereocenters. The largest absolute Gasteiger partial charge is 0.354 e. The second-order valence-corrected chi connectivity index (χ2v) is 4.67. The maximum atomic E-state index is 3.44. The van der Waals surface area contributed by atoms with Crippen LogP contribution in [0.15, 0.2) is 41.8 Å². The molecule has 0 spiro atoms. The van der Waals surface area contributed by atoms with Crippen molar-refractivity contribution in [2.45, 2.75) is 6.92 Å². The minimum Gasteiger partial charge on any atom is -0.354 e. The molecule has 2 heteroatoms. The molecule has 1 aromatic carbocycles. The molecule has 1 nitrogen and oxygen atoms in total. The van der Waals surface area contributed by atoms with E-state index >= 15 is 0 Å². The minimum absolute atomic E-state index is 1.21. The van der Waals surface area contributed by atoms with Gasteiger partial charge in [0.2, 0.25) is 0 Å². The van der Waals surface area contributed by atoms with Crippen molar-refractivity contribution >= 4 is 22.2 Å². The highest BCUT2D eigenvalue weighted by molar-refractivity contribution is 7.13. The van der Waals surface area contributed by atoms with Crippen LogP contribution >= 0.6 is 11.3 Å². The number of rotatable bonds is 1. The first-order valence-electron chi connectivity index (χ1n) is 4.96. The Balaban J connectivity index is 2.19. The fourth-order valence-electron chi connectivity index (χ4n) is 1.78. The van der Waals surface area contributed by atoms with Crippen molar-refractivity contribution in [2.24, 2.45) is 0 Å². The van der Waals surface area contributed by atoms with Crippen LogP contribution in [0.4, 0.5) is 0 Å². The molecular formula is C13H11NS. The first-order chi connectivity index (χ1) is 7.33. The normalized spacial score (nSPS) is 11.0. The predicted molar refractivity (Wildman–Crippen MR) is 66.3 cm³/mol. The molecule has 0 aliphatic heterocycles. The number of nitrogens with one attached hydrogen (secondary N) is 1. The molecule has 0 saturated carbocycles. The summed E-state index contributed by atoms with van der Waals surface area (Å²) in [5, 5.41) is 3.46. The lowest BCUT2D eigenvalue weighted by atomic mass is 10.2. The Morgan fingerprint density at radius 1 is 1.13 bits per heavy atom. The lowest BCUT2D eigenvalue weighted by Gasteiger charge is -1.88. The maximum Gasteiger partial charge on any atom is 0.0566 e. The molecular weight excluding hydrogens is 202 g/mol. The zero-order valence-electron chi connectivity index (χ0n) is 8.45. The zero-order valence-corrected chi connectivity index (χ0v) is 9.27. The number of para-hydroxylation sites is 1. The second kappa shape index (κ2) is 3.24. The molecule has 0 unspecified atom stereocenters. The summed E-state index contributed by atoms with van der Waals surface area (Å²) in [4.78, 5) is 4.74. The molecule has 74 valence electrons. The van der Waals surface area contributed by atoms with Crippen molar-refractivity contribution in [3.63, 3.8) is 0 Å². The molecule has 0 fully saturated rings. The van der Waals surface area contributed by atoms with Crippen molar-refractivity contribution in [2.75, 3.05) is 0 Å². The molecule has 0 bridgehead atoms. The van der Waals surface area contributed by atoms with Gasteiger partial charge < -0.3 is 4.98 Å². The number of aromatic amines is 1. The molecule has 0 radical (unpaired) electrons. The molecule has 0 saturated heterocycles. The van der Waals surface area contributed by atoms with Crippen molar-refractivity contribution in [3.05, 3.63) is 47.3 Å². The number of hydrogen-bond donors (Lipinski definition) is 1. The minimum atomic E-state index is 1.21. The average molecular weight is 213 g/mol. The third-order valence-electron chi connectivity index (χ3n) is 2.53. The standard InChI is InChI=1S/C13H11NS/c1-9-6-13(15-8-9)12-7-10-4-2-3-5-11(10)14-12/h2-8,14H,1H3. The zero-order chi connectivity index (χ0) is 10.3. The van der Waals surface area contributed by atoms with E-state index in [1.807, 2.05) is 0 Å². The van der Waals surface area contributed by atoms with Crippen LogP contribution in [0.3, 0.4) is 0 Å². The van der Waals surface area contributed by atoms with Crippen LogP contribution in [0.2, 0.25) is 0 Å². The highest BCUT2D eigenvalue weighted by atomic mass is 32.1. The second-order valence-electron chi connectivity index (χ2n) is 3.76.